The van der Waals surface area contributed by atoms with Crippen LogP contribution in [0.3, 0.4) is 0 Å². The number of hydrogen-bond donors (Lipinski definition) is 1. The van der Waals surface area contributed by atoms with Crippen molar-refractivity contribution in [2.24, 2.45) is 0 Å². The molecule has 9 nitrogen and oxygen atoms in total. The lowest BCUT2D eigenvalue weighted by Crippen LogP contribution is -2.48. The molecule has 1 atom stereocenters. The second-order valence-electron chi connectivity index (χ2n) is 5.92. The van der Waals surface area contributed by atoms with Gasteiger partial charge in [0.05, 0.1) is 34.1 Å². The molecule has 1 amide bonds. The lowest BCUT2D eigenvalue weighted by atomic mass is 10.2. The van der Waals surface area contributed by atoms with Crippen molar-refractivity contribution in [2.45, 2.75) is 6.10 Å². The first-order chi connectivity index (χ1) is 13.1. The van der Waals surface area contributed by atoms with Crippen molar-refractivity contribution in [3.8, 4) is 5.75 Å². The smallest absolute Gasteiger partial charge is 0.271 e. The first-order valence-electron chi connectivity index (χ1n) is 7.75. The molecule has 12 heteroatoms. The number of benzene rings is 2. The molecule has 0 aliphatic carbocycles. The lowest BCUT2D eigenvalue weighted by Gasteiger charge is -2.34. The number of nitro groups is 1. The summed E-state index contributed by atoms with van der Waals surface area (Å²) < 4.78 is 30.9. The van der Waals surface area contributed by atoms with Gasteiger partial charge in [-0.25, -0.2) is 8.42 Å². The number of fused-ring (bicyclic) bond motifs is 1. The van der Waals surface area contributed by atoms with Crippen LogP contribution in [-0.4, -0.2) is 38.2 Å². The molecular formula is C16H13Cl2N3O6S. The molecule has 148 valence electrons. The highest BCUT2D eigenvalue weighted by molar-refractivity contribution is 7.92. The Hall–Kier alpha value is -2.56. The third kappa shape index (κ3) is 4.13. The Morgan fingerprint density at radius 3 is 2.64 bits per heavy atom. The number of amides is 1. The van der Waals surface area contributed by atoms with Gasteiger partial charge in [-0.1, -0.05) is 23.2 Å². The Morgan fingerprint density at radius 1 is 1.29 bits per heavy atom. The van der Waals surface area contributed by atoms with E-state index in [1.807, 2.05) is 0 Å². The van der Waals surface area contributed by atoms with Gasteiger partial charge in [-0.05, 0) is 24.3 Å². The largest absolute Gasteiger partial charge is 0.476 e. The maximum Gasteiger partial charge on any atom is 0.271 e. The molecule has 1 aliphatic rings. The molecule has 2 aromatic rings. The number of sulfonamides is 1. The molecule has 0 saturated carbocycles. The number of carbonyl (C=O) groups is 1. The molecule has 0 aromatic heterocycles. The summed E-state index contributed by atoms with van der Waals surface area (Å²) in [6.45, 7) is -0.301. The molecule has 28 heavy (non-hydrogen) atoms. The van der Waals surface area contributed by atoms with Gasteiger partial charge in [0.2, 0.25) is 10.0 Å². The second-order valence-corrected chi connectivity index (χ2v) is 8.67. The number of rotatable bonds is 4. The number of halogens is 2. The summed E-state index contributed by atoms with van der Waals surface area (Å²) in [4.78, 5) is 22.9. The fourth-order valence-electron chi connectivity index (χ4n) is 2.61. The first-order valence-corrected chi connectivity index (χ1v) is 10.4. The van der Waals surface area contributed by atoms with Gasteiger partial charge in [-0.2, -0.15) is 0 Å². The summed E-state index contributed by atoms with van der Waals surface area (Å²) >= 11 is 11.9. The predicted molar refractivity (Wildman–Crippen MR) is 105 cm³/mol. The molecule has 1 heterocycles. The molecule has 3 rings (SSSR count). The van der Waals surface area contributed by atoms with E-state index in [-0.39, 0.29) is 34.4 Å². The van der Waals surface area contributed by atoms with Crippen molar-refractivity contribution < 1.29 is 22.9 Å². The zero-order chi connectivity index (χ0) is 20.6. The van der Waals surface area contributed by atoms with Gasteiger partial charge in [0.25, 0.3) is 11.6 Å². The number of nitrogens with zero attached hydrogens (tertiary/aromatic N) is 2. The van der Waals surface area contributed by atoms with E-state index in [1.165, 1.54) is 30.3 Å². The highest BCUT2D eigenvalue weighted by Crippen LogP contribution is 2.37. The van der Waals surface area contributed by atoms with Crippen LogP contribution in [0.2, 0.25) is 10.0 Å². The van der Waals surface area contributed by atoms with Crippen LogP contribution in [0.5, 0.6) is 5.75 Å². The van der Waals surface area contributed by atoms with Crippen LogP contribution in [0.4, 0.5) is 17.1 Å². The highest BCUT2D eigenvalue weighted by atomic mass is 35.5. The first kappa shape index (κ1) is 20.2. The van der Waals surface area contributed by atoms with E-state index < -0.39 is 27.0 Å². The Morgan fingerprint density at radius 2 is 2.00 bits per heavy atom. The van der Waals surface area contributed by atoms with Crippen LogP contribution in [0.1, 0.15) is 0 Å². The number of hydrogen-bond acceptors (Lipinski definition) is 6. The third-order valence-corrected chi connectivity index (χ3v) is 5.61. The van der Waals surface area contributed by atoms with Gasteiger partial charge in [0.15, 0.2) is 6.10 Å². The number of anilines is 2. The minimum absolute atomic E-state index is 0.0114. The Kier molecular flexibility index (Phi) is 5.37. The zero-order valence-electron chi connectivity index (χ0n) is 14.3. The third-order valence-electron chi connectivity index (χ3n) is 3.90. The maximum absolute atomic E-state index is 12.6. The van der Waals surface area contributed by atoms with E-state index in [4.69, 9.17) is 27.9 Å². The van der Waals surface area contributed by atoms with Crippen molar-refractivity contribution >= 4 is 56.2 Å². The molecule has 0 bridgehead atoms. The fraction of sp³-hybridized carbons (Fsp3) is 0.188. The van der Waals surface area contributed by atoms with E-state index in [2.05, 4.69) is 5.32 Å². The van der Waals surface area contributed by atoms with Crippen LogP contribution < -0.4 is 14.4 Å². The number of non-ortho nitro benzene ring substituents is 1. The summed E-state index contributed by atoms with van der Waals surface area (Å²) in [7, 11) is -3.72. The number of ether oxygens (including phenoxy) is 1. The minimum Gasteiger partial charge on any atom is -0.476 e. The molecule has 0 saturated heterocycles. The summed E-state index contributed by atoms with van der Waals surface area (Å²) in [5, 5.41) is 13.7. The van der Waals surface area contributed by atoms with E-state index in [0.29, 0.717) is 5.02 Å². The molecule has 1 N–H and O–H groups in total. The lowest BCUT2D eigenvalue weighted by molar-refractivity contribution is -0.384. The van der Waals surface area contributed by atoms with Crippen LogP contribution in [0.15, 0.2) is 36.4 Å². The second kappa shape index (κ2) is 7.46. The molecular weight excluding hydrogens is 433 g/mol. The van der Waals surface area contributed by atoms with Crippen molar-refractivity contribution in [2.75, 3.05) is 22.4 Å². The van der Waals surface area contributed by atoms with Crippen molar-refractivity contribution in [1.82, 2.24) is 0 Å². The Balaban J connectivity index is 1.90. The molecule has 2 aromatic carbocycles. The summed E-state index contributed by atoms with van der Waals surface area (Å²) in [5.74, 6) is -0.553. The summed E-state index contributed by atoms with van der Waals surface area (Å²) in [6.07, 6.45) is -0.214. The summed E-state index contributed by atoms with van der Waals surface area (Å²) in [6, 6.07) is 7.94. The monoisotopic (exact) mass is 445 g/mol. The highest BCUT2D eigenvalue weighted by Gasteiger charge is 2.35. The zero-order valence-corrected chi connectivity index (χ0v) is 16.6. The van der Waals surface area contributed by atoms with E-state index in [0.717, 1.165) is 16.6 Å². The van der Waals surface area contributed by atoms with Gasteiger partial charge in [-0.3, -0.25) is 19.2 Å². The average Bonchev–Trinajstić information content (AvgIpc) is 2.61. The van der Waals surface area contributed by atoms with Crippen LogP contribution >= 0.6 is 23.2 Å². The van der Waals surface area contributed by atoms with Gasteiger partial charge < -0.3 is 10.1 Å². The Labute approximate surface area is 170 Å². The average molecular weight is 446 g/mol. The van der Waals surface area contributed by atoms with Gasteiger partial charge in [-0.15, -0.1) is 0 Å². The van der Waals surface area contributed by atoms with E-state index in [9.17, 15) is 23.3 Å². The van der Waals surface area contributed by atoms with E-state index >= 15 is 0 Å². The molecule has 0 radical (unpaired) electrons. The standard InChI is InChI=1S/C16H13Cl2N3O6S/c1-28(25,26)20-8-15(27-14-5-2-9(17)6-13(14)20)16(22)19-12-7-10(21(23)24)3-4-11(12)18/h2-7,15H,8H2,1H3,(H,19,22)/t15-/m1/s1. The SMILES string of the molecule is CS(=O)(=O)N1C[C@H](C(=O)Nc2cc([N+](=O)[O-])ccc2Cl)Oc2ccc(Cl)cc21. The predicted octanol–water partition coefficient (Wildman–Crippen LogP) is 3.07. The fourth-order valence-corrected chi connectivity index (χ4v) is 3.85. The molecule has 1 aliphatic heterocycles. The van der Waals surface area contributed by atoms with Crippen LogP contribution in [-0.2, 0) is 14.8 Å². The van der Waals surface area contributed by atoms with E-state index in [1.54, 1.807) is 0 Å². The Bertz CT molecular complexity index is 1080. The number of nitrogens with one attached hydrogen (secondary N) is 1. The van der Waals surface area contributed by atoms with Crippen molar-refractivity contribution in [3.63, 3.8) is 0 Å². The molecule has 0 unspecified atom stereocenters. The van der Waals surface area contributed by atoms with Gasteiger partial charge >= 0.3 is 0 Å². The van der Waals surface area contributed by atoms with Gasteiger partial charge in [0, 0.05) is 17.2 Å². The quantitative estimate of drug-likeness (QED) is 0.570. The number of nitro benzene ring substituents is 1. The maximum atomic E-state index is 12.6. The van der Waals surface area contributed by atoms with Gasteiger partial charge in [0.1, 0.15) is 5.75 Å². The van der Waals surface area contributed by atoms with Crippen molar-refractivity contribution in [3.05, 3.63) is 56.6 Å². The molecule has 0 fully saturated rings. The van der Waals surface area contributed by atoms with Crippen molar-refractivity contribution in [1.29, 1.82) is 0 Å². The summed E-state index contributed by atoms with van der Waals surface area (Å²) in [5.41, 5.74) is -0.0354. The normalized spacial score (nSPS) is 16.1. The van der Waals surface area contributed by atoms with Crippen LogP contribution in [0.25, 0.3) is 0 Å². The number of carbonyl (C=O) groups excluding carboxylic acids is 1. The van der Waals surface area contributed by atoms with Crippen LogP contribution in [0, 0.1) is 10.1 Å². The molecule has 0 spiro atoms. The minimum atomic E-state index is -3.72. The topological polar surface area (TPSA) is 119 Å².